The summed E-state index contributed by atoms with van der Waals surface area (Å²) in [4.78, 5) is 4.40. The molecule has 1 saturated heterocycles. The molecule has 0 saturated carbocycles. The summed E-state index contributed by atoms with van der Waals surface area (Å²) in [6, 6.07) is 7.96. The summed E-state index contributed by atoms with van der Waals surface area (Å²) in [5, 5.41) is 5.45. The molecule has 0 aliphatic carbocycles. The summed E-state index contributed by atoms with van der Waals surface area (Å²) in [6.07, 6.45) is 3.02. The fourth-order valence-electron chi connectivity index (χ4n) is 2.62. The van der Waals surface area contributed by atoms with Crippen molar-refractivity contribution in [1.29, 1.82) is 0 Å². The zero-order valence-electron chi connectivity index (χ0n) is 11.9. The van der Waals surface area contributed by atoms with Gasteiger partial charge in [0.25, 0.3) is 0 Å². The minimum atomic E-state index is -2.84. The first-order valence-electron chi connectivity index (χ1n) is 6.97. The summed E-state index contributed by atoms with van der Waals surface area (Å²) >= 11 is 0. The van der Waals surface area contributed by atoms with Gasteiger partial charge in [0.2, 0.25) is 0 Å². The number of methoxy groups -OCH3 is 1. The van der Waals surface area contributed by atoms with Crippen molar-refractivity contribution in [3.8, 4) is 5.75 Å². The second-order valence-corrected chi connectivity index (χ2v) is 7.62. The number of benzene rings is 1. The topological polar surface area (TPSA) is 68.3 Å². The van der Waals surface area contributed by atoms with Crippen molar-refractivity contribution in [2.24, 2.45) is 0 Å². The molecule has 1 fully saturated rings. The lowest BCUT2D eigenvalue weighted by Crippen LogP contribution is -2.32. The predicted molar refractivity (Wildman–Crippen MR) is 83.6 cm³/mol. The van der Waals surface area contributed by atoms with Gasteiger partial charge in [-0.3, -0.25) is 0 Å². The number of hydrogen-bond acceptors (Lipinski definition) is 5. The number of anilines is 1. The minimum Gasteiger partial charge on any atom is -0.497 e. The molecule has 0 radical (unpaired) electrons. The van der Waals surface area contributed by atoms with E-state index in [0.717, 1.165) is 22.3 Å². The average molecular weight is 306 g/mol. The van der Waals surface area contributed by atoms with Crippen LogP contribution in [0.15, 0.2) is 30.5 Å². The van der Waals surface area contributed by atoms with E-state index in [9.17, 15) is 8.42 Å². The Morgan fingerprint density at radius 1 is 1.24 bits per heavy atom. The zero-order valence-corrected chi connectivity index (χ0v) is 12.7. The van der Waals surface area contributed by atoms with E-state index in [0.29, 0.717) is 12.8 Å². The maximum Gasteiger partial charge on any atom is 0.150 e. The van der Waals surface area contributed by atoms with E-state index in [1.165, 1.54) is 0 Å². The van der Waals surface area contributed by atoms with E-state index in [4.69, 9.17) is 4.74 Å². The van der Waals surface area contributed by atoms with E-state index in [2.05, 4.69) is 10.3 Å². The normalized spacial score (nSPS) is 18.5. The quantitative estimate of drug-likeness (QED) is 0.942. The molecule has 0 spiro atoms. The Hall–Kier alpha value is -1.82. The van der Waals surface area contributed by atoms with Crippen LogP contribution in [0.2, 0.25) is 0 Å². The molecule has 0 bridgehead atoms. The molecule has 1 aromatic heterocycles. The molecule has 0 unspecified atom stereocenters. The van der Waals surface area contributed by atoms with Crippen LogP contribution in [0, 0.1) is 0 Å². The molecule has 5 nitrogen and oxygen atoms in total. The van der Waals surface area contributed by atoms with Gasteiger partial charge in [-0.2, -0.15) is 0 Å². The number of ether oxygens (including phenoxy) is 1. The monoisotopic (exact) mass is 306 g/mol. The maximum atomic E-state index is 11.5. The molecule has 21 heavy (non-hydrogen) atoms. The van der Waals surface area contributed by atoms with Gasteiger partial charge in [-0.15, -0.1) is 0 Å². The molecule has 3 rings (SSSR count). The van der Waals surface area contributed by atoms with Crippen molar-refractivity contribution in [2.75, 3.05) is 23.9 Å². The number of fused-ring (bicyclic) bond motifs is 1. The number of pyridine rings is 1. The molecule has 1 aliphatic rings. The first-order chi connectivity index (χ1) is 10.1. The van der Waals surface area contributed by atoms with Gasteiger partial charge in [-0.25, -0.2) is 13.4 Å². The van der Waals surface area contributed by atoms with E-state index in [1.807, 2.05) is 24.3 Å². The Bertz CT molecular complexity index is 745. The van der Waals surface area contributed by atoms with Crippen LogP contribution < -0.4 is 10.1 Å². The highest BCUT2D eigenvalue weighted by atomic mass is 32.2. The molecule has 0 amide bonds. The van der Waals surface area contributed by atoms with Gasteiger partial charge in [0, 0.05) is 17.6 Å². The largest absolute Gasteiger partial charge is 0.497 e. The van der Waals surface area contributed by atoms with Crippen LogP contribution in [0.5, 0.6) is 5.75 Å². The molecule has 1 aliphatic heterocycles. The Morgan fingerprint density at radius 3 is 2.71 bits per heavy atom. The molecular weight excluding hydrogens is 288 g/mol. The average Bonchev–Trinajstić information content (AvgIpc) is 2.49. The van der Waals surface area contributed by atoms with Crippen LogP contribution in [-0.2, 0) is 9.84 Å². The standard InChI is InChI=1S/C15H18N2O3S/c1-20-13-3-2-11-4-7-16-15(14(11)10-13)17-12-5-8-21(18,19)9-6-12/h2-4,7,10,12H,5-6,8-9H2,1H3,(H,16,17). The maximum absolute atomic E-state index is 11.5. The third kappa shape index (κ3) is 3.10. The van der Waals surface area contributed by atoms with Crippen molar-refractivity contribution in [3.05, 3.63) is 30.5 Å². The minimum absolute atomic E-state index is 0.151. The summed E-state index contributed by atoms with van der Waals surface area (Å²) in [5.41, 5.74) is 0. The number of nitrogens with zero attached hydrogens (tertiary/aromatic N) is 1. The number of rotatable bonds is 3. The highest BCUT2D eigenvalue weighted by Gasteiger charge is 2.24. The second-order valence-electron chi connectivity index (χ2n) is 5.32. The molecule has 112 valence electrons. The summed E-state index contributed by atoms with van der Waals surface area (Å²) in [7, 11) is -1.21. The van der Waals surface area contributed by atoms with Crippen LogP contribution in [0.3, 0.4) is 0 Å². The van der Waals surface area contributed by atoms with Crippen LogP contribution in [0.25, 0.3) is 10.8 Å². The molecule has 0 atom stereocenters. The molecule has 2 heterocycles. The molecule has 1 N–H and O–H groups in total. The number of nitrogens with one attached hydrogen (secondary N) is 1. The fourth-order valence-corrected chi connectivity index (χ4v) is 4.11. The number of hydrogen-bond donors (Lipinski definition) is 1. The van der Waals surface area contributed by atoms with Crippen LogP contribution in [0.1, 0.15) is 12.8 Å². The van der Waals surface area contributed by atoms with Gasteiger partial charge in [0.1, 0.15) is 21.4 Å². The Labute approximate surface area is 124 Å². The summed E-state index contributed by atoms with van der Waals surface area (Å²) < 4.78 is 28.2. The zero-order chi connectivity index (χ0) is 14.9. The van der Waals surface area contributed by atoms with Crippen LogP contribution in [-0.4, -0.2) is 38.1 Å². The van der Waals surface area contributed by atoms with E-state index in [-0.39, 0.29) is 17.5 Å². The summed E-state index contributed by atoms with van der Waals surface area (Å²) in [5.74, 6) is 2.07. The predicted octanol–water partition coefficient (Wildman–Crippen LogP) is 2.23. The molecular formula is C15H18N2O3S. The van der Waals surface area contributed by atoms with E-state index >= 15 is 0 Å². The number of aromatic nitrogens is 1. The van der Waals surface area contributed by atoms with Crippen LogP contribution in [0.4, 0.5) is 5.82 Å². The fraction of sp³-hybridized carbons (Fsp3) is 0.400. The van der Waals surface area contributed by atoms with Crippen molar-refractivity contribution in [3.63, 3.8) is 0 Å². The van der Waals surface area contributed by atoms with Crippen molar-refractivity contribution < 1.29 is 13.2 Å². The lowest BCUT2D eigenvalue weighted by atomic mass is 10.1. The van der Waals surface area contributed by atoms with Gasteiger partial charge in [-0.05, 0) is 36.4 Å². The first-order valence-corrected chi connectivity index (χ1v) is 8.79. The number of sulfone groups is 1. The van der Waals surface area contributed by atoms with Gasteiger partial charge in [0.05, 0.1) is 18.6 Å². The van der Waals surface area contributed by atoms with Crippen molar-refractivity contribution >= 4 is 26.4 Å². The third-order valence-electron chi connectivity index (χ3n) is 3.87. The lowest BCUT2D eigenvalue weighted by Gasteiger charge is -2.24. The van der Waals surface area contributed by atoms with Gasteiger partial charge in [-0.1, -0.05) is 6.07 Å². The Balaban J connectivity index is 1.87. The van der Waals surface area contributed by atoms with Crippen molar-refractivity contribution in [2.45, 2.75) is 18.9 Å². The Kier molecular flexibility index (Phi) is 3.71. The SMILES string of the molecule is COc1ccc2ccnc(NC3CCS(=O)(=O)CC3)c2c1. The first kappa shape index (κ1) is 14.1. The van der Waals surface area contributed by atoms with Gasteiger partial charge < -0.3 is 10.1 Å². The van der Waals surface area contributed by atoms with Gasteiger partial charge >= 0.3 is 0 Å². The van der Waals surface area contributed by atoms with Crippen LogP contribution >= 0.6 is 0 Å². The highest BCUT2D eigenvalue weighted by Crippen LogP contribution is 2.27. The Morgan fingerprint density at radius 2 is 2.00 bits per heavy atom. The van der Waals surface area contributed by atoms with E-state index in [1.54, 1.807) is 13.3 Å². The molecule has 1 aromatic carbocycles. The third-order valence-corrected chi connectivity index (χ3v) is 5.58. The van der Waals surface area contributed by atoms with Gasteiger partial charge in [0.15, 0.2) is 0 Å². The smallest absolute Gasteiger partial charge is 0.150 e. The van der Waals surface area contributed by atoms with Crippen molar-refractivity contribution in [1.82, 2.24) is 4.98 Å². The molecule has 2 aromatic rings. The van der Waals surface area contributed by atoms with E-state index < -0.39 is 9.84 Å². The summed E-state index contributed by atoms with van der Waals surface area (Å²) in [6.45, 7) is 0. The molecule has 6 heteroatoms. The second kappa shape index (κ2) is 5.52. The highest BCUT2D eigenvalue weighted by molar-refractivity contribution is 7.91. The lowest BCUT2D eigenvalue weighted by molar-refractivity contribution is 0.415.